The van der Waals surface area contributed by atoms with Gasteiger partial charge in [-0.1, -0.05) is 15.9 Å². The number of ether oxygens (including phenoxy) is 3. The molecule has 8 heteroatoms. The number of hydrogen-bond acceptors (Lipinski definition) is 5. The first-order valence-corrected chi connectivity index (χ1v) is 9.71. The highest BCUT2D eigenvalue weighted by atomic mass is 79.9. The van der Waals surface area contributed by atoms with Gasteiger partial charge in [0.15, 0.2) is 6.61 Å². The molecule has 148 valence electrons. The van der Waals surface area contributed by atoms with E-state index in [1.54, 1.807) is 36.4 Å². The van der Waals surface area contributed by atoms with Crippen molar-refractivity contribution < 1.29 is 23.8 Å². The van der Waals surface area contributed by atoms with Crippen LogP contribution in [-0.4, -0.2) is 37.7 Å². The number of benzene rings is 2. The summed E-state index contributed by atoms with van der Waals surface area (Å²) in [5.41, 5.74) is 5.07. The van der Waals surface area contributed by atoms with Crippen LogP contribution < -0.4 is 20.3 Å². The Morgan fingerprint density at radius 1 is 1.00 bits per heavy atom. The van der Waals surface area contributed by atoms with Crippen molar-refractivity contribution in [2.24, 2.45) is 0 Å². The van der Waals surface area contributed by atoms with E-state index in [0.29, 0.717) is 23.7 Å². The molecule has 1 aliphatic rings. The number of nitrogens with one attached hydrogen (secondary N) is 2. The summed E-state index contributed by atoms with van der Waals surface area (Å²) in [6.45, 7) is 1.07. The molecule has 1 fully saturated rings. The lowest BCUT2D eigenvalue weighted by Crippen LogP contribution is -2.43. The van der Waals surface area contributed by atoms with Gasteiger partial charge in [0, 0.05) is 16.6 Å². The van der Waals surface area contributed by atoms with E-state index in [1.165, 1.54) is 0 Å². The largest absolute Gasteiger partial charge is 0.491 e. The van der Waals surface area contributed by atoms with Gasteiger partial charge < -0.3 is 14.2 Å². The van der Waals surface area contributed by atoms with E-state index in [-0.39, 0.29) is 12.7 Å². The number of hydrogen-bond donors (Lipinski definition) is 2. The van der Waals surface area contributed by atoms with Crippen LogP contribution in [0.15, 0.2) is 53.0 Å². The summed E-state index contributed by atoms with van der Waals surface area (Å²) in [7, 11) is 0. The third-order valence-corrected chi connectivity index (χ3v) is 4.60. The summed E-state index contributed by atoms with van der Waals surface area (Å²) >= 11 is 3.32. The van der Waals surface area contributed by atoms with E-state index in [4.69, 9.17) is 14.2 Å². The van der Waals surface area contributed by atoms with Crippen LogP contribution in [-0.2, 0) is 9.53 Å². The summed E-state index contributed by atoms with van der Waals surface area (Å²) in [6.07, 6.45) is 2.21. The van der Waals surface area contributed by atoms with Gasteiger partial charge in [-0.25, -0.2) is 0 Å². The molecule has 3 rings (SSSR count). The van der Waals surface area contributed by atoms with Crippen LogP contribution >= 0.6 is 15.9 Å². The minimum absolute atomic E-state index is 0.137. The van der Waals surface area contributed by atoms with Gasteiger partial charge in [-0.3, -0.25) is 20.4 Å². The van der Waals surface area contributed by atoms with Crippen molar-refractivity contribution in [3.63, 3.8) is 0 Å². The molecule has 28 heavy (non-hydrogen) atoms. The quantitative estimate of drug-likeness (QED) is 0.636. The fourth-order valence-corrected chi connectivity index (χ4v) is 2.85. The molecule has 0 bridgehead atoms. The second-order valence-electron chi connectivity index (χ2n) is 6.22. The molecule has 2 aromatic carbocycles. The van der Waals surface area contributed by atoms with Gasteiger partial charge in [0.1, 0.15) is 18.1 Å². The maximum absolute atomic E-state index is 12.1. The molecule has 1 saturated heterocycles. The summed E-state index contributed by atoms with van der Waals surface area (Å²) in [5, 5.41) is 0. The Bertz CT molecular complexity index is 789. The average molecular weight is 449 g/mol. The lowest BCUT2D eigenvalue weighted by atomic mass is 10.2. The number of carbonyl (C=O) groups excluding carboxylic acids is 2. The molecule has 1 atom stereocenters. The number of amides is 2. The first-order valence-electron chi connectivity index (χ1n) is 8.92. The Balaban J connectivity index is 1.38. The SMILES string of the molecule is O=C(COc1ccc(Br)cc1)NNC(=O)c1ccc(OCC2CCCO2)cc1. The van der Waals surface area contributed by atoms with Gasteiger partial charge in [0.25, 0.3) is 11.8 Å². The van der Waals surface area contributed by atoms with Crippen LogP contribution in [0.5, 0.6) is 11.5 Å². The third kappa shape index (κ3) is 6.24. The van der Waals surface area contributed by atoms with E-state index in [9.17, 15) is 9.59 Å². The summed E-state index contributed by atoms with van der Waals surface area (Å²) in [6, 6.07) is 13.8. The van der Waals surface area contributed by atoms with Crippen molar-refractivity contribution in [3.8, 4) is 11.5 Å². The Hall–Kier alpha value is -2.58. The first kappa shape index (κ1) is 20.2. The fourth-order valence-electron chi connectivity index (χ4n) is 2.58. The lowest BCUT2D eigenvalue weighted by molar-refractivity contribution is -0.123. The predicted molar refractivity (Wildman–Crippen MR) is 106 cm³/mol. The van der Waals surface area contributed by atoms with Gasteiger partial charge >= 0.3 is 0 Å². The topological polar surface area (TPSA) is 85.9 Å². The lowest BCUT2D eigenvalue weighted by Gasteiger charge is -2.12. The highest BCUT2D eigenvalue weighted by Crippen LogP contribution is 2.17. The zero-order valence-electron chi connectivity index (χ0n) is 15.2. The molecule has 1 unspecified atom stereocenters. The minimum atomic E-state index is -0.465. The highest BCUT2D eigenvalue weighted by Gasteiger charge is 2.16. The Morgan fingerprint density at radius 2 is 1.68 bits per heavy atom. The van der Waals surface area contributed by atoms with Crippen molar-refractivity contribution in [1.82, 2.24) is 10.9 Å². The zero-order chi connectivity index (χ0) is 19.8. The predicted octanol–water partition coefficient (Wildman–Crippen LogP) is 2.85. The van der Waals surface area contributed by atoms with Crippen molar-refractivity contribution in [1.29, 1.82) is 0 Å². The monoisotopic (exact) mass is 448 g/mol. The average Bonchev–Trinajstić information content (AvgIpc) is 3.24. The Kier molecular flexibility index (Phi) is 7.27. The molecule has 0 radical (unpaired) electrons. The number of halogens is 1. The van der Waals surface area contributed by atoms with Gasteiger partial charge in [-0.05, 0) is 61.4 Å². The van der Waals surface area contributed by atoms with Gasteiger partial charge in [0.05, 0.1) is 6.10 Å². The van der Waals surface area contributed by atoms with Crippen LogP contribution in [0.25, 0.3) is 0 Å². The van der Waals surface area contributed by atoms with Crippen LogP contribution in [0.3, 0.4) is 0 Å². The van der Waals surface area contributed by atoms with E-state index >= 15 is 0 Å². The fraction of sp³-hybridized carbons (Fsp3) is 0.300. The molecule has 0 aromatic heterocycles. The van der Waals surface area contributed by atoms with Crippen LogP contribution in [0.1, 0.15) is 23.2 Å². The van der Waals surface area contributed by atoms with Gasteiger partial charge in [0.2, 0.25) is 0 Å². The van der Waals surface area contributed by atoms with Crippen molar-refractivity contribution >= 4 is 27.7 Å². The second kappa shape index (κ2) is 10.1. The van der Waals surface area contributed by atoms with Crippen molar-refractivity contribution in [2.75, 3.05) is 19.8 Å². The van der Waals surface area contributed by atoms with E-state index in [2.05, 4.69) is 26.8 Å². The van der Waals surface area contributed by atoms with Crippen molar-refractivity contribution in [2.45, 2.75) is 18.9 Å². The van der Waals surface area contributed by atoms with E-state index in [1.807, 2.05) is 12.1 Å². The van der Waals surface area contributed by atoms with Crippen molar-refractivity contribution in [3.05, 3.63) is 58.6 Å². The molecule has 2 N–H and O–H groups in total. The van der Waals surface area contributed by atoms with E-state index in [0.717, 1.165) is 23.9 Å². The van der Waals surface area contributed by atoms with Crippen LogP contribution in [0.2, 0.25) is 0 Å². The maximum atomic E-state index is 12.1. The third-order valence-electron chi connectivity index (χ3n) is 4.08. The Morgan fingerprint density at radius 3 is 2.36 bits per heavy atom. The molecule has 2 amide bonds. The molecule has 2 aromatic rings. The molecular weight excluding hydrogens is 428 g/mol. The molecule has 1 aliphatic heterocycles. The standard InChI is InChI=1S/C20H21BrN2O5/c21-15-5-9-17(10-6-15)28-13-19(24)22-23-20(25)14-3-7-16(8-4-14)27-12-18-2-1-11-26-18/h3-10,18H,1-2,11-13H2,(H,22,24)(H,23,25). The minimum Gasteiger partial charge on any atom is -0.491 e. The highest BCUT2D eigenvalue weighted by molar-refractivity contribution is 9.10. The smallest absolute Gasteiger partial charge is 0.276 e. The van der Waals surface area contributed by atoms with Crippen LogP contribution in [0.4, 0.5) is 0 Å². The number of hydrazine groups is 1. The summed E-state index contributed by atoms with van der Waals surface area (Å²) < 4.78 is 17.4. The summed E-state index contributed by atoms with van der Waals surface area (Å²) in [4.78, 5) is 23.9. The normalized spacial score (nSPS) is 15.7. The second-order valence-corrected chi connectivity index (χ2v) is 7.13. The van der Waals surface area contributed by atoms with Gasteiger partial charge in [-0.15, -0.1) is 0 Å². The maximum Gasteiger partial charge on any atom is 0.276 e. The molecule has 0 saturated carbocycles. The first-order chi connectivity index (χ1) is 13.6. The Labute approximate surface area is 171 Å². The molecule has 0 spiro atoms. The molecule has 0 aliphatic carbocycles. The summed E-state index contributed by atoms with van der Waals surface area (Å²) in [5.74, 6) is 0.331. The van der Waals surface area contributed by atoms with Gasteiger partial charge in [-0.2, -0.15) is 0 Å². The molecule has 1 heterocycles. The number of carbonyl (C=O) groups is 2. The zero-order valence-corrected chi connectivity index (χ0v) is 16.7. The molecule has 7 nitrogen and oxygen atoms in total. The number of rotatable bonds is 7. The van der Waals surface area contributed by atoms with E-state index < -0.39 is 11.8 Å². The molecular formula is C20H21BrN2O5. The van der Waals surface area contributed by atoms with Crippen LogP contribution in [0, 0.1) is 0 Å².